The molecule has 42 heavy (non-hydrogen) atoms. The van der Waals surface area contributed by atoms with Crippen LogP contribution >= 0.6 is 12.4 Å². The average molecular weight is 607 g/mol. The molecule has 4 heterocycles. The van der Waals surface area contributed by atoms with Gasteiger partial charge in [-0.15, -0.1) is 25.6 Å². The summed E-state index contributed by atoms with van der Waals surface area (Å²) in [6, 6.07) is 4.95. The summed E-state index contributed by atoms with van der Waals surface area (Å²) in [6.07, 6.45) is 1.79. The van der Waals surface area contributed by atoms with E-state index in [1.807, 2.05) is 4.90 Å². The first-order valence-electron chi connectivity index (χ1n) is 12.4. The van der Waals surface area contributed by atoms with Crippen molar-refractivity contribution in [2.24, 2.45) is 5.73 Å². The normalized spacial score (nSPS) is 14.9. The Bertz CT molecular complexity index is 1630. The number of benzene rings is 1. The molecule has 3 N–H and O–H groups in total. The van der Waals surface area contributed by atoms with Gasteiger partial charge in [-0.3, -0.25) is 0 Å². The number of rotatable bonds is 5. The summed E-state index contributed by atoms with van der Waals surface area (Å²) in [5.74, 6) is 4.46. The van der Waals surface area contributed by atoms with Crippen molar-refractivity contribution >= 4 is 29.7 Å². The number of ether oxygens (including phenoxy) is 1. The first-order valence-corrected chi connectivity index (χ1v) is 12.4. The third kappa shape index (κ3) is 6.87. The molecule has 1 aliphatic rings. The molecule has 0 saturated carbocycles. The lowest BCUT2D eigenvalue weighted by Gasteiger charge is -2.33. The summed E-state index contributed by atoms with van der Waals surface area (Å²) in [6.45, 7) is 1.24. The number of nitrogens with zero attached hydrogens (tertiary/aromatic N) is 6. The zero-order valence-electron chi connectivity index (χ0n) is 22.0. The van der Waals surface area contributed by atoms with E-state index in [0.717, 1.165) is 31.3 Å². The summed E-state index contributed by atoms with van der Waals surface area (Å²) in [7, 11) is 1.28. The lowest BCUT2D eigenvalue weighted by Crippen LogP contribution is -2.43. The Labute approximate surface area is 243 Å². The Kier molecular flexibility index (Phi) is 9.13. The Morgan fingerprint density at radius 2 is 1.90 bits per heavy atom. The van der Waals surface area contributed by atoms with E-state index in [0.29, 0.717) is 36.2 Å². The molecule has 0 bridgehead atoms. The van der Waals surface area contributed by atoms with Crippen LogP contribution in [0.3, 0.4) is 0 Å². The number of hydrogen-bond acceptors (Lipinski definition) is 8. The molecule has 4 aromatic rings. The molecule has 15 heteroatoms. The van der Waals surface area contributed by atoms with Crippen molar-refractivity contribution < 1.29 is 26.7 Å². The minimum absolute atomic E-state index is 0. The van der Waals surface area contributed by atoms with Gasteiger partial charge in [-0.2, -0.15) is 9.78 Å². The Balaban J connectivity index is 0.00000405. The molecule has 1 aromatic carbocycles. The number of aromatic nitrogens is 5. The molecule has 1 aliphatic heterocycles. The highest BCUT2D eigenvalue weighted by Crippen LogP contribution is 2.32. The molecule has 0 spiro atoms. The molecule has 220 valence electrons. The average Bonchev–Trinajstić information content (AvgIpc) is 3.42. The van der Waals surface area contributed by atoms with Crippen molar-refractivity contribution in [3.05, 3.63) is 71.8 Å². The van der Waals surface area contributed by atoms with E-state index in [2.05, 4.69) is 37.2 Å². The number of nitrogens with two attached hydrogens (primary N) is 1. The summed E-state index contributed by atoms with van der Waals surface area (Å²) in [5.41, 5.74) is 7.33. The summed E-state index contributed by atoms with van der Waals surface area (Å²) >= 11 is 0. The third-order valence-electron chi connectivity index (χ3n) is 6.24. The highest BCUT2D eigenvalue weighted by Gasteiger charge is 2.31. The van der Waals surface area contributed by atoms with Crippen molar-refractivity contribution in [3.63, 3.8) is 0 Å². The maximum Gasteiger partial charge on any atom is 0.504 e. The SMILES string of the molecule is COc1cc(F)cc(F)c1-c1nccc(Nc2cc(N3CCC[C@H](N)C3)c(C#Cc3cnn(C(F)(F)F)c3)cn2)n1.Cl. The fourth-order valence-corrected chi connectivity index (χ4v) is 4.37. The van der Waals surface area contributed by atoms with Crippen molar-refractivity contribution in [2.45, 2.75) is 25.2 Å². The van der Waals surface area contributed by atoms with Gasteiger partial charge in [0.05, 0.1) is 35.7 Å². The number of nitrogens with one attached hydrogen (secondary N) is 1. The molecular weight excluding hydrogens is 583 g/mol. The fourth-order valence-electron chi connectivity index (χ4n) is 4.37. The second-order valence-corrected chi connectivity index (χ2v) is 9.18. The number of methoxy groups -OCH3 is 1. The maximum atomic E-state index is 14.6. The quantitative estimate of drug-likeness (QED) is 0.242. The Morgan fingerprint density at radius 3 is 2.62 bits per heavy atom. The second kappa shape index (κ2) is 12.6. The highest BCUT2D eigenvalue weighted by atomic mass is 35.5. The number of halogens is 6. The standard InChI is InChI=1S/C27H23F5N8O.ClH/c1-41-22-10-18(28)9-20(29)25(22)26-34-7-6-23(38-26)37-24-11-21(39-8-2-3-19(33)15-39)17(13-35-24)5-4-16-12-36-40(14-16)27(30,31)32;/h6-7,9-14,19H,2-3,8,15,33H2,1H3,(H,34,35,37,38);1H/t19-;/m0./s1. The van der Waals surface area contributed by atoms with Crippen molar-refractivity contribution in [1.29, 1.82) is 0 Å². The number of alkyl halides is 3. The van der Waals surface area contributed by atoms with Crippen LogP contribution in [-0.4, -0.2) is 51.0 Å². The predicted octanol–water partition coefficient (Wildman–Crippen LogP) is 4.99. The van der Waals surface area contributed by atoms with Crippen LogP contribution in [0.2, 0.25) is 0 Å². The van der Waals surface area contributed by atoms with Gasteiger partial charge in [0.25, 0.3) is 0 Å². The van der Waals surface area contributed by atoms with Crippen LogP contribution in [0, 0.1) is 23.5 Å². The van der Waals surface area contributed by atoms with E-state index in [4.69, 9.17) is 10.5 Å². The molecule has 1 fully saturated rings. The topological polar surface area (TPSA) is 107 Å². The Morgan fingerprint density at radius 1 is 1.10 bits per heavy atom. The van der Waals surface area contributed by atoms with Crippen molar-refractivity contribution in [1.82, 2.24) is 24.7 Å². The van der Waals surface area contributed by atoms with E-state index < -0.39 is 17.9 Å². The van der Waals surface area contributed by atoms with E-state index >= 15 is 0 Å². The molecule has 0 unspecified atom stereocenters. The minimum Gasteiger partial charge on any atom is -0.496 e. The molecule has 1 atom stereocenters. The molecule has 5 rings (SSSR count). The predicted molar refractivity (Wildman–Crippen MR) is 148 cm³/mol. The lowest BCUT2D eigenvalue weighted by atomic mass is 10.0. The van der Waals surface area contributed by atoms with Crippen LogP contribution in [0.4, 0.5) is 39.3 Å². The van der Waals surface area contributed by atoms with Gasteiger partial charge in [0, 0.05) is 55.9 Å². The Hall–Kier alpha value is -4.48. The third-order valence-corrected chi connectivity index (χ3v) is 6.24. The largest absolute Gasteiger partial charge is 0.504 e. The van der Waals surface area contributed by atoms with Crippen molar-refractivity contribution in [3.8, 4) is 29.0 Å². The molecule has 1 saturated heterocycles. The minimum atomic E-state index is -4.64. The number of anilines is 3. The molecule has 0 radical (unpaired) electrons. The molecular formula is C27H24ClF5N8O. The second-order valence-electron chi connectivity index (χ2n) is 9.18. The molecule has 3 aromatic heterocycles. The van der Waals surface area contributed by atoms with Crippen LogP contribution in [0.5, 0.6) is 5.75 Å². The monoisotopic (exact) mass is 606 g/mol. The molecule has 0 aliphatic carbocycles. The van der Waals surface area contributed by atoms with Crippen LogP contribution in [0.25, 0.3) is 11.4 Å². The van der Waals surface area contributed by atoms with Crippen LogP contribution in [0.1, 0.15) is 24.0 Å². The summed E-state index contributed by atoms with van der Waals surface area (Å²) in [5, 5.41) is 6.36. The summed E-state index contributed by atoms with van der Waals surface area (Å²) < 4.78 is 72.0. The smallest absolute Gasteiger partial charge is 0.496 e. The first-order chi connectivity index (χ1) is 19.6. The maximum absolute atomic E-state index is 14.6. The van der Waals surface area contributed by atoms with Gasteiger partial charge in [0.2, 0.25) is 0 Å². The molecule has 9 nitrogen and oxygen atoms in total. The number of hydrogen-bond donors (Lipinski definition) is 2. The highest BCUT2D eigenvalue weighted by molar-refractivity contribution is 5.85. The molecule has 0 amide bonds. The van der Waals surface area contributed by atoms with Gasteiger partial charge < -0.3 is 20.7 Å². The van der Waals surface area contributed by atoms with Crippen LogP contribution < -0.4 is 20.7 Å². The lowest BCUT2D eigenvalue weighted by molar-refractivity contribution is -0.212. The van der Waals surface area contributed by atoms with Crippen molar-refractivity contribution in [2.75, 3.05) is 30.4 Å². The van der Waals surface area contributed by atoms with Gasteiger partial charge in [-0.1, -0.05) is 11.8 Å². The zero-order valence-corrected chi connectivity index (χ0v) is 22.8. The van der Waals surface area contributed by atoms with Crippen LogP contribution in [0.15, 0.2) is 49.1 Å². The number of pyridine rings is 1. The van der Waals surface area contributed by atoms with Gasteiger partial charge in [-0.05, 0) is 18.9 Å². The fraction of sp³-hybridized carbons (Fsp3) is 0.259. The van der Waals surface area contributed by atoms with E-state index in [9.17, 15) is 22.0 Å². The summed E-state index contributed by atoms with van der Waals surface area (Å²) in [4.78, 5) is 14.9. The van der Waals surface area contributed by atoms with E-state index in [-0.39, 0.29) is 51.6 Å². The van der Waals surface area contributed by atoms with Gasteiger partial charge in [0.1, 0.15) is 29.0 Å². The van der Waals surface area contributed by atoms with Gasteiger partial charge >= 0.3 is 6.30 Å². The van der Waals surface area contributed by atoms with Gasteiger partial charge in [-0.25, -0.2) is 23.7 Å². The van der Waals surface area contributed by atoms with E-state index in [1.54, 1.807) is 12.1 Å². The zero-order chi connectivity index (χ0) is 29.1. The number of piperidine rings is 1. The first kappa shape index (κ1) is 30.5. The van der Waals surface area contributed by atoms with Crippen LogP contribution in [-0.2, 0) is 6.30 Å². The van der Waals surface area contributed by atoms with E-state index in [1.165, 1.54) is 19.5 Å². The van der Waals surface area contributed by atoms with Gasteiger partial charge in [0.15, 0.2) is 5.82 Å².